The number of aliphatic carboxylic acids is 2. The second-order valence-corrected chi connectivity index (χ2v) is 17.8. The average Bonchev–Trinajstić information content (AvgIpc) is 3.13. The largest absolute Gasteiger partial charge is 0.484 e. The molecule has 3 atom stereocenters. The molecule has 0 aliphatic heterocycles. The van der Waals surface area contributed by atoms with Crippen molar-refractivity contribution in [2.75, 3.05) is 75.0 Å². The van der Waals surface area contributed by atoms with Gasteiger partial charge in [0.05, 0.1) is 41.9 Å². The molecule has 1 aromatic carbocycles. The zero-order valence-electron chi connectivity index (χ0n) is 36.0. The first-order chi connectivity index (χ1) is 30.8. The number of amides is 2. The van der Waals surface area contributed by atoms with Crippen molar-refractivity contribution in [3.63, 3.8) is 0 Å². The molecule has 0 radical (unpaired) electrons. The highest BCUT2D eigenvalue weighted by molar-refractivity contribution is 7.86. The summed E-state index contributed by atoms with van der Waals surface area (Å²) >= 11 is -3.34. The number of nitrogens with one attached hydrogen (secondary N) is 2. The Morgan fingerprint density at radius 3 is 1.29 bits per heavy atom. The first-order valence-corrected chi connectivity index (χ1v) is 25.2. The van der Waals surface area contributed by atoms with E-state index in [0.717, 1.165) is 5.32 Å². The average molecular weight is 1110 g/mol. The lowest BCUT2D eigenvalue weighted by Gasteiger charge is -2.06. The molecule has 3 unspecified atom stereocenters. The van der Waals surface area contributed by atoms with Gasteiger partial charge in [-0.1, -0.05) is 12.1 Å². The number of hydrogen-bond acceptors (Lipinski definition) is 21. The van der Waals surface area contributed by atoms with Gasteiger partial charge >= 0.3 is 25.8 Å². The summed E-state index contributed by atoms with van der Waals surface area (Å²) in [7, 11) is -11.7. The Kier molecular flexibility index (Phi) is 61.4. The lowest BCUT2D eigenvalue weighted by Crippen LogP contribution is -2.37. The molecule has 0 aliphatic carbocycles. The van der Waals surface area contributed by atoms with Crippen LogP contribution >= 0.6 is 7.60 Å². The number of para-hydroxylation sites is 1. The number of nitrogens with two attached hydrogens (primary N) is 9. The van der Waals surface area contributed by atoms with E-state index in [4.69, 9.17) is 89.3 Å². The molecule has 0 saturated heterocycles. The molecule has 0 bridgehead atoms. The van der Waals surface area contributed by atoms with Crippen molar-refractivity contribution in [3.05, 3.63) is 24.3 Å². The standard InChI is InChI=1S/C6H7NO3S.C4H7F3N2O.C3H6FNO2.C3H8N2O2.C3H9NO2S.C3H7NO2.C2H8NO3P.C2H7NO3S.C2H7NO2S/c7-5-3-1-2-4-6(5)11(8,9)10;5-4(6,7)9-3(10)1-2-8;4-2(5)1-3(6)7;4-2-1-3(6)5-7;4-2-1-3-7(5)6;4-2-1-3(5)6;2*3-1-2-7(4,5)6;3-1-2-6(4)5/h1-4H,7H2,(H,8,9,10);1-2,8H2,(H,9,10);2H,1,5H2,(H,6,7);7H,1-2,4H2,(H,5,6);1-4H2,(H,5,6);1-2,4H2,(H,5,6);1-3H2,(H2,4,5,6);1-3H2,(H,4,5,6);1-3H2,(H,4,5). The van der Waals surface area contributed by atoms with Gasteiger partial charge in [-0.05, 0) is 25.1 Å². The second-order valence-electron chi connectivity index (χ2n) is 11.0. The van der Waals surface area contributed by atoms with E-state index in [1.807, 2.05) is 0 Å². The maximum Gasteiger partial charge on any atom is 0.484 e. The smallest absolute Gasteiger partial charge is 0.481 e. The minimum Gasteiger partial charge on any atom is -0.481 e. The highest BCUT2D eigenvalue weighted by Gasteiger charge is 2.29. The summed E-state index contributed by atoms with van der Waals surface area (Å²) in [5.74, 6) is -3.46. The van der Waals surface area contributed by atoms with Crippen molar-refractivity contribution >= 4 is 79.4 Å². The topological polar surface area (TPSA) is 628 Å². The van der Waals surface area contributed by atoms with E-state index in [2.05, 4.69) is 5.73 Å². The molecular formula is C28H66F4N11O20PS4. The van der Waals surface area contributed by atoms with Crippen molar-refractivity contribution in [1.82, 2.24) is 10.8 Å². The van der Waals surface area contributed by atoms with Crippen LogP contribution in [-0.4, -0.2) is 174 Å². The van der Waals surface area contributed by atoms with Gasteiger partial charge < -0.3 is 80.7 Å². The summed E-state index contributed by atoms with van der Waals surface area (Å²) in [5.41, 5.74) is 45.3. The summed E-state index contributed by atoms with van der Waals surface area (Å²) in [6.07, 6.45) is -6.62. The van der Waals surface area contributed by atoms with Crippen LogP contribution < -0.4 is 62.4 Å². The molecule has 0 fully saturated rings. The van der Waals surface area contributed by atoms with E-state index in [9.17, 15) is 66.6 Å². The Morgan fingerprint density at radius 2 is 1.16 bits per heavy atom. The Bertz CT molecular complexity index is 1740. The van der Waals surface area contributed by atoms with Crippen LogP contribution in [0.3, 0.4) is 0 Å². The van der Waals surface area contributed by atoms with Crippen LogP contribution in [0.15, 0.2) is 29.2 Å². The van der Waals surface area contributed by atoms with Crippen LogP contribution in [0.4, 0.5) is 23.2 Å². The molecule has 68 heavy (non-hydrogen) atoms. The minimum absolute atomic E-state index is 0.0289. The minimum atomic E-state index is -4.63. The third-order valence-electron chi connectivity index (χ3n) is 4.69. The van der Waals surface area contributed by atoms with Crippen molar-refractivity contribution in [1.29, 1.82) is 0 Å². The van der Waals surface area contributed by atoms with Gasteiger partial charge in [0.1, 0.15) is 4.90 Å². The molecule has 2 amide bonds. The summed E-state index contributed by atoms with van der Waals surface area (Å²) in [6, 6.07) is 5.72. The fourth-order valence-electron chi connectivity index (χ4n) is 2.17. The fourth-order valence-corrected chi connectivity index (χ4v) is 4.04. The Balaban J connectivity index is -0.000000100. The lowest BCUT2D eigenvalue weighted by atomic mass is 10.3. The molecule has 0 aromatic heterocycles. The number of nitrogen functional groups attached to an aromatic ring is 1. The first kappa shape index (κ1) is 81.4. The van der Waals surface area contributed by atoms with Crippen molar-refractivity contribution in [2.45, 2.75) is 49.6 Å². The number of carbonyl (C=O) groups is 4. The fraction of sp³-hybridized carbons (Fsp3) is 0.643. The van der Waals surface area contributed by atoms with Gasteiger partial charge in [-0.25, -0.2) is 18.3 Å². The lowest BCUT2D eigenvalue weighted by molar-refractivity contribution is -0.169. The van der Waals surface area contributed by atoms with Crippen molar-refractivity contribution in [2.24, 2.45) is 45.9 Å². The Labute approximate surface area is 393 Å². The van der Waals surface area contributed by atoms with Gasteiger partial charge in [0.25, 0.3) is 20.2 Å². The number of alkyl halides is 4. The zero-order chi connectivity index (χ0) is 55.8. The maximum atomic E-state index is 11.3. The summed E-state index contributed by atoms with van der Waals surface area (Å²) in [5, 5.41) is 24.2. The van der Waals surface area contributed by atoms with Gasteiger partial charge in [-0.15, -0.1) is 0 Å². The van der Waals surface area contributed by atoms with Crippen LogP contribution in [0, 0.1) is 0 Å². The van der Waals surface area contributed by atoms with E-state index >= 15 is 0 Å². The number of carboxylic acids is 2. The van der Waals surface area contributed by atoms with E-state index in [1.54, 1.807) is 6.07 Å². The number of rotatable bonds is 18. The maximum absolute atomic E-state index is 11.3. The van der Waals surface area contributed by atoms with Gasteiger partial charge in [0.15, 0.2) is 28.5 Å². The molecule has 0 aliphatic rings. The van der Waals surface area contributed by atoms with Gasteiger partial charge in [0, 0.05) is 52.1 Å². The second kappa shape index (κ2) is 51.3. The Morgan fingerprint density at radius 1 is 0.721 bits per heavy atom. The molecular weight excluding hydrogens is 1050 g/mol. The highest BCUT2D eigenvalue weighted by atomic mass is 32.2. The molecule has 0 heterocycles. The van der Waals surface area contributed by atoms with Gasteiger partial charge in [0.2, 0.25) is 11.8 Å². The molecule has 31 nitrogen and oxygen atoms in total. The monoisotopic (exact) mass is 1110 g/mol. The number of hydroxylamine groups is 1. The molecule has 410 valence electrons. The van der Waals surface area contributed by atoms with Crippen LogP contribution in [0.25, 0.3) is 0 Å². The SMILES string of the molecule is NC(F)CC(=O)O.NCCC(=O)NC(F)(F)F.NCCC(=O)NO.NCCC(=O)O.NCCCS(=O)O.NCCP(=O)(O)O.NCCS(=O)(=O)O.NCCS(=O)O.Nc1ccccc1S(=O)(=O)O. The molecule has 1 aromatic rings. The number of carboxylic acid groups (broad SMARTS) is 2. The quantitative estimate of drug-likeness (QED) is 0.00958. The Hall–Kier alpha value is -3.55. The molecule has 40 heteroatoms. The van der Waals surface area contributed by atoms with E-state index in [1.165, 1.54) is 23.7 Å². The predicted molar refractivity (Wildman–Crippen MR) is 240 cm³/mol. The normalized spacial score (nSPS) is 11.6. The highest BCUT2D eigenvalue weighted by Crippen LogP contribution is 2.32. The number of halogens is 4. The number of anilines is 1. The van der Waals surface area contributed by atoms with E-state index in [0.29, 0.717) is 18.7 Å². The zero-order valence-corrected chi connectivity index (χ0v) is 40.2. The van der Waals surface area contributed by atoms with Crippen LogP contribution in [0.5, 0.6) is 0 Å². The number of carbonyl (C=O) groups excluding carboxylic acids is 2. The molecule has 0 saturated carbocycles. The number of hydrogen-bond donors (Lipinski definition) is 20. The van der Waals surface area contributed by atoms with Crippen molar-refractivity contribution < 1.29 is 110 Å². The molecule has 1 rings (SSSR count). The molecule has 29 N–H and O–H groups in total. The summed E-state index contributed by atoms with van der Waals surface area (Å²) in [4.78, 5) is 55.0. The van der Waals surface area contributed by atoms with Crippen LogP contribution in [-0.2, 0) is 66.1 Å². The third-order valence-corrected chi connectivity index (χ3v) is 8.43. The third kappa shape index (κ3) is 100. The molecule has 0 spiro atoms. The van der Waals surface area contributed by atoms with Gasteiger partial charge in [-0.3, -0.25) is 43.4 Å². The van der Waals surface area contributed by atoms with E-state index in [-0.39, 0.29) is 86.8 Å². The number of benzene rings is 1. The predicted octanol–water partition coefficient (Wildman–Crippen LogP) is -4.86. The van der Waals surface area contributed by atoms with E-state index < -0.39 is 92.8 Å². The van der Waals surface area contributed by atoms with Crippen LogP contribution in [0.2, 0.25) is 0 Å². The van der Waals surface area contributed by atoms with Crippen molar-refractivity contribution in [3.8, 4) is 0 Å². The summed E-state index contributed by atoms with van der Waals surface area (Å²) < 4.78 is 147. The van der Waals surface area contributed by atoms with Crippen LogP contribution in [0.1, 0.15) is 32.1 Å². The first-order valence-electron chi connectivity index (χ1n) is 17.9. The summed E-state index contributed by atoms with van der Waals surface area (Å²) in [6.45, 7) is 1.21. The van der Waals surface area contributed by atoms with Gasteiger partial charge in [-0.2, -0.15) is 30.0 Å².